The standard InChI is InChI=1S/C6H10NS.H2O4S.OS/c1-3-7-5-8-4-6(7)2;1-5(2,3)4;1-2/h4-5H,3H2,1-2H3;(H2,1,2,3,4);/q+1;;/p-1. The van der Waals surface area contributed by atoms with Crippen LogP contribution in [0.25, 0.3) is 0 Å². The van der Waals surface area contributed by atoms with E-state index in [1.807, 2.05) is 0 Å². The van der Waals surface area contributed by atoms with Crippen molar-refractivity contribution in [2.45, 2.75) is 20.4 Å². The second kappa shape index (κ2) is 8.80. The number of thiazole rings is 1. The third kappa shape index (κ3) is 13.5. The Labute approximate surface area is 97.7 Å². The average molecular weight is 273 g/mol. The molecule has 0 radical (unpaired) electrons. The zero-order valence-electron chi connectivity index (χ0n) is 8.11. The Morgan fingerprint density at radius 2 is 2.00 bits per heavy atom. The van der Waals surface area contributed by atoms with Crippen molar-refractivity contribution in [3.8, 4) is 0 Å². The van der Waals surface area contributed by atoms with Crippen LogP contribution in [0.1, 0.15) is 12.6 Å². The molecule has 1 rings (SSSR count). The lowest BCUT2D eigenvalue weighted by atomic mass is 10.5. The topological polar surface area (TPSA) is 98.4 Å². The highest BCUT2D eigenvalue weighted by Crippen LogP contribution is 1.94. The van der Waals surface area contributed by atoms with Gasteiger partial charge in [-0.2, -0.15) is 8.78 Å². The highest BCUT2D eigenvalue weighted by molar-refractivity contribution is 7.79. The predicted octanol–water partition coefficient (Wildman–Crippen LogP) is 0.0322. The van der Waals surface area contributed by atoms with E-state index in [1.165, 1.54) is 5.69 Å². The fourth-order valence-electron chi connectivity index (χ4n) is 0.677. The highest BCUT2D eigenvalue weighted by atomic mass is 32.3. The number of hydrogen-bond acceptors (Lipinski definition) is 6. The zero-order chi connectivity index (χ0) is 12.5. The molecule has 0 fully saturated rings. The van der Waals surface area contributed by atoms with Crippen LogP contribution in [0.3, 0.4) is 0 Å². The Bertz CT molecular complexity index is 353. The second-order valence-electron chi connectivity index (χ2n) is 2.21. The smallest absolute Gasteiger partial charge is 0.224 e. The van der Waals surface area contributed by atoms with Crippen molar-refractivity contribution in [1.82, 2.24) is 0 Å². The first-order chi connectivity index (χ1) is 6.84. The molecule has 6 nitrogen and oxygen atoms in total. The van der Waals surface area contributed by atoms with E-state index in [2.05, 4.69) is 41.8 Å². The lowest BCUT2D eigenvalue weighted by Gasteiger charge is -1.88. The zero-order valence-corrected chi connectivity index (χ0v) is 10.6. The highest BCUT2D eigenvalue weighted by Gasteiger charge is 2.00. The number of rotatable bonds is 1. The molecule has 9 heteroatoms. The molecule has 0 saturated heterocycles. The van der Waals surface area contributed by atoms with E-state index in [0.717, 1.165) is 6.54 Å². The summed E-state index contributed by atoms with van der Waals surface area (Å²) < 4.78 is 42.9. The molecule has 1 heterocycles. The monoisotopic (exact) mass is 273 g/mol. The molecule has 1 N–H and O–H groups in total. The van der Waals surface area contributed by atoms with Gasteiger partial charge in [0.25, 0.3) is 0 Å². The summed E-state index contributed by atoms with van der Waals surface area (Å²) in [6.07, 6.45) is 0. The van der Waals surface area contributed by atoms with E-state index in [0.29, 0.717) is 0 Å². The summed E-state index contributed by atoms with van der Waals surface area (Å²) in [5, 5.41) is 2.16. The SMILES string of the molecule is CC[n+]1cscc1C.O=S.O=S(=O)([O-])O. The number of nitrogens with zero attached hydrogens (tertiary/aromatic N) is 1. The van der Waals surface area contributed by atoms with Gasteiger partial charge >= 0.3 is 0 Å². The van der Waals surface area contributed by atoms with E-state index in [1.54, 1.807) is 11.3 Å². The van der Waals surface area contributed by atoms with E-state index in [-0.39, 0.29) is 0 Å². The largest absolute Gasteiger partial charge is 0.726 e. The van der Waals surface area contributed by atoms with Crippen LogP contribution in [0.5, 0.6) is 0 Å². The molecule has 0 amide bonds. The summed E-state index contributed by atoms with van der Waals surface area (Å²) in [6, 6.07) is 0. The van der Waals surface area contributed by atoms with Gasteiger partial charge in [-0.05, 0) is 6.92 Å². The van der Waals surface area contributed by atoms with Gasteiger partial charge in [-0.3, -0.25) is 4.55 Å². The molecule has 0 saturated carbocycles. The summed E-state index contributed by atoms with van der Waals surface area (Å²) in [5.74, 6) is 0. The Hall–Kier alpha value is -0.480. The first kappa shape index (κ1) is 16.9. The molecule has 0 aliphatic heterocycles. The lowest BCUT2D eigenvalue weighted by Crippen LogP contribution is -2.31. The van der Waals surface area contributed by atoms with Crippen LogP contribution in [0.15, 0.2) is 10.9 Å². The minimum absolute atomic E-state index is 1.09. The fourth-order valence-corrected chi connectivity index (χ4v) is 1.53. The minimum atomic E-state index is -4.92. The maximum absolute atomic E-state index is 8.63. The maximum Gasteiger partial charge on any atom is 0.224 e. The molecule has 0 unspecified atom stereocenters. The van der Waals surface area contributed by atoms with Gasteiger partial charge in [-0.15, -0.1) is 0 Å². The van der Waals surface area contributed by atoms with E-state index in [4.69, 9.17) is 21.7 Å². The van der Waals surface area contributed by atoms with Crippen molar-refractivity contribution in [2.75, 3.05) is 0 Å². The number of aryl methyl sites for hydroxylation is 2. The molecule has 0 aliphatic carbocycles. The normalized spacial score (nSPS) is 9.33. The molecule has 15 heavy (non-hydrogen) atoms. The van der Waals surface area contributed by atoms with Crippen LogP contribution < -0.4 is 4.57 Å². The summed E-state index contributed by atoms with van der Waals surface area (Å²) in [4.78, 5) is 0. The van der Waals surface area contributed by atoms with Crippen LogP contribution in [0.4, 0.5) is 0 Å². The molecule has 88 valence electrons. The third-order valence-electron chi connectivity index (χ3n) is 1.22. The van der Waals surface area contributed by atoms with Crippen molar-refractivity contribution < 1.29 is 26.3 Å². The van der Waals surface area contributed by atoms with Gasteiger partial charge in [0, 0.05) is 6.92 Å². The molecule has 0 bridgehead atoms. The number of aromatic nitrogens is 1. The molecule has 0 atom stereocenters. The van der Waals surface area contributed by atoms with Crippen LogP contribution >= 0.6 is 11.3 Å². The first-order valence-electron chi connectivity index (χ1n) is 3.61. The predicted molar refractivity (Wildman–Crippen MR) is 55.4 cm³/mol. The van der Waals surface area contributed by atoms with E-state index < -0.39 is 10.4 Å². The van der Waals surface area contributed by atoms with E-state index >= 15 is 0 Å². The molecule has 1 aromatic heterocycles. The Morgan fingerprint density at radius 3 is 2.13 bits per heavy atom. The first-order valence-corrected chi connectivity index (χ1v) is 6.26. The van der Waals surface area contributed by atoms with E-state index in [9.17, 15) is 0 Å². The Morgan fingerprint density at radius 1 is 1.60 bits per heavy atom. The summed E-state index contributed by atoms with van der Waals surface area (Å²) >= 11 is 4.59. The molecular weight excluding hydrogens is 262 g/mol. The van der Waals surface area contributed by atoms with Gasteiger partial charge in [0.05, 0.1) is 5.38 Å². The average Bonchev–Trinajstić information content (AvgIpc) is 2.51. The summed E-state index contributed by atoms with van der Waals surface area (Å²) in [7, 11) is -4.92. The quantitative estimate of drug-likeness (QED) is 0.440. The van der Waals surface area contributed by atoms with Gasteiger partial charge in [-0.1, -0.05) is 11.3 Å². The van der Waals surface area contributed by atoms with Crippen LogP contribution in [-0.4, -0.2) is 21.7 Å². The Balaban J connectivity index is 0. The van der Waals surface area contributed by atoms with Crippen LogP contribution in [0, 0.1) is 6.92 Å². The maximum atomic E-state index is 8.63. The minimum Gasteiger partial charge on any atom is -0.726 e. The molecule has 0 aliphatic rings. The van der Waals surface area contributed by atoms with Crippen molar-refractivity contribution in [1.29, 1.82) is 0 Å². The molecular formula is C6H11NO5S3. The number of hydrogen-bond donors (Lipinski definition) is 1. The lowest BCUT2D eigenvalue weighted by molar-refractivity contribution is -0.694. The van der Waals surface area contributed by atoms with Gasteiger partial charge in [0.15, 0.2) is 18.2 Å². The summed E-state index contributed by atoms with van der Waals surface area (Å²) in [6.45, 7) is 5.37. The van der Waals surface area contributed by atoms with Gasteiger partial charge < -0.3 is 4.55 Å². The fraction of sp³-hybridized carbons (Fsp3) is 0.500. The van der Waals surface area contributed by atoms with Crippen molar-refractivity contribution in [3.05, 3.63) is 16.6 Å². The van der Waals surface area contributed by atoms with Crippen molar-refractivity contribution in [3.63, 3.8) is 0 Å². The van der Waals surface area contributed by atoms with Crippen LogP contribution in [-0.2, 0) is 29.5 Å². The molecule has 0 aromatic carbocycles. The van der Waals surface area contributed by atoms with Gasteiger partial charge in [-0.25, -0.2) is 8.42 Å². The summed E-state index contributed by atoms with van der Waals surface area (Å²) in [5.41, 5.74) is 3.49. The van der Waals surface area contributed by atoms with Crippen molar-refractivity contribution in [2.24, 2.45) is 0 Å². The molecule has 1 aromatic rings. The van der Waals surface area contributed by atoms with Crippen LogP contribution in [0.2, 0.25) is 0 Å². The third-order valence-corrected chi connectivity index (χ3v) is 2.07. The van der Waals surface area contributed by atoms with Gasteiger partial charge in [0.1, 0.15) is 6.54 Å². The van der Waals surface area contributed by atoms with Crippen molar-refractivity contribution >= 4 is 34.3 Å². The van der Waals surface area contributed by atoms with Gasteiger partial charge in [0.2, 0.25) is 15.9 Å². The Kier molecular flexibility index (Phi) is 9.93. The second-order valence-corrected chi connectivity index (χ2v) is 3.79. The molecule has 0 spiro atoms.